The van der Waals surface area contributed by atoms with Crippen molar-refractivity contribution in [2.75, 3.05) is 17.7 Å². The number of benzene rings is 2. The summed E-state index contributed by atoms with van der Waals surface area (Å²) in [7, 11) is 1.35. The van der Waals surface area contributed by atoms with Gasteiger partial charge >= 0.3 is 5.97 Å². The van der Waals surface area contributed by atoms with Crippen LogP contribution in [0.3, 0.4) is 0 Å². The lowest BCUT2D eigenvalue weighted by molar-refractivity contribution is 0.0601. The normalized spacial score (nSPS) is 10.5. The Kier molecular flexibility index (Phi) is 5.80. The molecule has 3 aromatic rings. The Morgan fingerprint density at radius 2 is 1.82 bits per heavy atom. The van der Waals surface area contributed by atoms with Crippen molar-refractivity contribution in [3.8, 4) is 0 Å². The van der Waals surface area contributed by atoms with E-state index in [1.807, 2.05) is 45.0 Å². The van der Waals surface area contributed by atoms with E-state index in [0.717, 1.165) is 28.2 Å². The smallest absolute Gasteiger partial charge is 0.337 e. The summed E-state index contributed by atoms with van der Waals surface area (Å²) in [5, 5.41) is 7.02. The molecule has 0 saturated carbocycles. The number of rotatable bonds is 5. The van der Waals surface area contributed by atoms with Crippen LogP contribution in [0, 0.1) is 20.8 Å². The van der Waals surface area contributed by atoms with Crippen LogP contribution < -0.4 is 10.6 Å². The molecule has 28 heavy (non-hydrogen) atoms. The summed E-state index contributed by atoms with van der Waals surface area (Å²) in [6.45, 7) is 5.86. The number of hydrogen-bond donors (Lipinski definition) is 2. The van der Waals surface area contributed by atoms with E-state index in [1.165, 1.54) is 7.11 Å². The molecule has 1 heterocycles. The third-order valence-electron chi connectivity index (χ3n) is 4.08. The maximum absolute atomic E-state index is 11.7. The number of anilines is 4. The van der Waals surface area contributed by atoms with Gasteiger partial charge in [0.1, 0.15) is 5.82 Å². The van der Waals surface area contributed by atoms with Gasteiger partial charge in [0.2, 0.25) is 5.95 Å². The van der Waals surface area contributed by atoms with E-state index in [2.05, 4.69) is 20.6 Å². The van der Waals surface area contributed by atoms with E-state index in [9.17, 15) is 4.79 Å². The molecule has 0 bridgehead atoms. The zero-order chi connectivity index (χ0) is 20.3. The van der Waals surface area contributed by atoms with Gasteiger partial charge in [0.05, 0.1) is 23.4 Å². The molecular weight excluding hydrogens is 376 g/mol. The fourth-order valence-electron chi connectivity index (χ4n) is 2.86. The molecule has 144 valence electrons. The first-order valence-corrected chi connectivity index (χ1v) is 9.08. The fraction of sp³-hybridized carbons (Fsp3) is 0.190. The molecule has 1 aromatic heterocycles. The number of aryl methyl sites for hydroxylation is 3. The molecule has 0 radical (unpaired) electrons. The second-order valence-electron chi connectivity index (χ2n) is 6.48. The second-order valence-corrected chi connectivity index (χ2v) is 6.89. The van der Waals surface area contributed by atoms with Gasteiger partial charge in [-0.15, -0.1) is 0 Å². The van der Waals surface area contributed by atoms with Crippen LogP contribution in [-0.4, -0.2) is 23.0 Å². The summed E-state index contributed by atoms with van der Waals surface area (Å²) in [5.74, 6) is 0.632. The molecular formula is C21H21ClN4O2. The van der Waals surface area contributed by atoms with Crippen molar-refractivity contribution < 1.29 is 9.53 Å². The molecule has 7 heteroatoms. The minimum atomic E-state index is -0.394. The number of esters is 1. The van der Waals surface area contributed by atoms with Gasteiger partial charge in [0.15, 0.2) is 0 Å². The first-order chi connectivity index (χ1) is 13.4. The molecule has 2 N–H and O–H groups in total. The van der Waals surface area contributed by atoms with E-state index in [1.54, 1.807) is 18.2 Å². The molecule has 6 nitrogen and oxygen atoms in total. The first-order valence-electron chi connectivity index (χ1n) is 8.70. The minimum absolute atomic E-state index is 0.394. The SMILES string of the molecule is COC(=O)c1cccc(Nc2cc(C)nc(Nc3c(C)cc(C)cc3Cl)n2)c1. The highest BCUT2D eigenvalue weighted by Crippen LogP contribution is 2.30. The van der Waals surface area contributed by atoms with Gasteiger partial charge < -0.3 is 15.4 Å². The number of carbonyl (C=O) groups excluding carboxylic acids is 1. The zero-order valence-corrected chi connectivity index (χ0v) is 16.9. The highest BCUT2D eigenvalue weighted by molar-refractivity contribution is 6.33. The highest BCUT2D eigenvalue weighted by atomic mass is 35.5. The average Bonchev–Trinajstić information content (AvgIpc) is 2.64. The van der Waals surface area contributed by atoms with Gasteiger partial charge in [-0.05, 0) is 56.2 Å². The lowest BCUT2D eigenvalue weighted by atomic mass is 10.1. The van der Waals surface area contributed by atoms with Crippen molar-refractivity contribution >= 4 is 40.7 Å². The lowest BCUT2D eigenvalue weighted by Crippen LogP contribution is -2.05. The lowest BCUT2D eigenvalue weighted by Gasteiger charge is -2.13. The molecule has 0 saturated heterocycles. The highest BCUT2D eigenvalue weighted by Gasteiger charge is 2.10. The Morgan fingerprint density at radius 1 is 1.04 bits per heavy atom. The van der Waals surface area contributed by atoms with Crippen LogP contribution in [0.1, 0.15) is 27.2 Å². The number of aromatic nitrogens is 2. The van der Waals surface area contributed by atoms with E-state index in [-0.39, 0.29) is 0 Å². The third kappa shape index (κ3) is 4.58. The van der Waals surface area contributed by atoms with Crippen LogP contribution in [0.5, 0.6) is 0 Å². The Labute approximate surface area is 168 Å². The van der Waals surface area contributed by atoms with Crippen LogP contribution in [0.2, 0.25) is 5.02 Å². The minimum Gasteiger partial charge on any atom is -0.465 e. The van der Waals surface area contributed by atoms with E-state index >= 15 is 0 Å². The standard InChI is InChI=1S/C21H21ClN4O2/c1-12-8-13(2)19(17(22)9-12)26-21-23-14(3)10-18(25-21)24-16-7-5-6-15(11-16)20(27)28-4/h5-11H,1-4H3,(H2,23,24,25,26). The topological polar surface area (TPSA) is 76.1 Å². The van der Waals surface area contributed by atoms with E-state index < -0.39 is 5.97 Å². The van der Waals surface area contributed by atoms with Gasteiger partial charge in [0, 0.05) is 17.4 Å². The first kappa shape index (κ1) is 19.6. The number of halogens is 1. The molecule has 0 unspecified atom stereocenters. The number of ether oxygens (including phenoxy) is 1. The predicted molar refractivity (Wildman–Crippen MR) is 112 cm³/mol. The Hall–Kier alpha value is -3.12. The van der Waals surface area contributed by atoms with Gasteiger partial charge in [-0.25, -0.2) is 9.78 Å². The quantitative estimate of drug-likeness (QED) is 0.568. The Morgan fingerprint density at radius 3 is 2.54 bits per heavy atom. The van der Waals surface area contributed by atoms with Crippen molar-refractivity contribution in [2.24, 2.45) is 0 Å². The van der Waals surface area contributed by atoms with E-state index in [4.69, 9.17) is 16.3 Å². The van der Waals surface area contributed by atoms with Crippen molar-refractivity contribution in [1.82, 2.24) is 9.97 Å². The number of nitrogens with one attached hydrogen (secondary N) is 2. The van der Waals surface area contributed by atoms with Crippen LogP contribution in [0.25, 0.3) is 0 Å². The summed E-state index contributed by atoms with van der Waals surface area (Å²) < 4.78 is 4.76. The van der Waals surface area contributed by atoms with Crippen molar-refractivity contribution in [3.05, 3.63) is 69.9 Å². The number of hydrogen-bond acceptors (Lipinski definition) is 6. The maximum Gasteiger partial charge on any atom is 0.337 e. The van der Waals surface area contributed by atoms with Crippen molar-refractivity contribution in [2.45, 2.75) is 20.8 Å². The third-order valence-corrected chi connectivity index (χ3v) is 4.38. The number of carbonyl (C=O) groups is 1. The molecule has 0 aliphatic rings. The van der Waals surface area contributed by atoms with Gasteiger partial charge in [-0.3, -0.25) is 0 Å². The van der Waals surface area contributed by atoms with Crippen LogP contribution in [-0.2, 0) is 4.74 Å². The number of methoxy groups -OCH3 is 1. The molecule has 2 aromatic carbocycles. The van der Waals surface area contributed by atoms with Gasteiger partial charge in [0.25, 0.3) is 0 Å². The zero-order valence-electron chi connectivity index (χ0n) is 16.1. The van der Waals surface area contributed by atoms with Gasteiger partial charge in [-0.2, -0.15) is 4.98 Å². The summed E-state index contributed by atoms with van der Waals surface area (Å²) in [4.78, 5) is 20.7. The van der Waals surface area contributed by atoms with E-state index in [0.29, 0.717) is 22.4 Å². The molecule has 0 amide bonds. The Balaban J connectivity index is 1.88. The number of nitrogens with zero attached hydrogens (tertiary/aromatic N) is 2. The predicted octanol–water partition coefficient (Wildman–Crippen LogP) is 5.33. The largest absolute Gasteiger partial charge is 0.465 e. The summed E-state index contributed by atoms with van der Waals surface area (Å²) >= 11 is 6.38. The second kappa shape index (κ2) is 8.27. The summed E-state index contributed by atoms with van der Waals surface area (Å²) in [6, 6.07) is 12.8. The molecule has 0 fully saturated rings. The van der Waals surface area contributed by atoms with Crippen molar-refractivity contribution in [3.63, 3.8) is 0 Å². The maximum atomic E-state index is 11.7. The molecule has 0 aliphatic carbocycles. The Bertz CT molecular complexity index is 1010. The van der Waals surface area contributed by atoms with Crippen molar-refractivity contribution in [1.29, 1.82) is 0 Å². The fourth-order valence-corrected chi connectivity index (χ4v) is 3.23. The molecule has 0 atom stereocenters. The molecule has 3 rings (SSSR count). The summed E-state index contributed by atoms with van der Waals surface area (Å²) in [6.07, 6.45) is 0. The van der Waals surface area contributed by atoms with Gasteiger partial charge in [-0.1, -0.05) is 23.7 Å². The van der Waals surface area contributed by atoms with Crippen LogP contribution >= 0.6 is 11.6 Å². The molecule has 0 aliphatic heterocycles. The molecule has 0 spiro atoms. The monoisotopic (exact) mass is 396 g/mol. The average molecular weight is 397 g/mol. The van der Waals surface area contributed by atoms with Crippen LogP contribution in [0.4, 0.5) is 23.1 Å². The summed E-state index contributed by atoms with van der Waals surface area (Å²) in [5.41, 5.74) is 4.83. The van der Waals surface area contributed by atoms with Crippen LogP contribution in [0.15, 0.2) is 42.5 Å².